The SMILES string of the molecule is CCOc1ccc(Br)c(Cl)c1Br. The van der Waals surface area contributed by atoms with Crippen molar-refractivity contribution in [3.8, 4) is 5.75 Å². The van der Waals surface area contributed by atoms with Crippen molar-refractivity contribution in [1.29, 1.82) is 0 Å². The second-order valence-electron chi connectivity index (χ2n) is 2.11. The van der Waals surface area contributed by atoms with Gasteiger partial charge in [0.25, 0.3) is 0 Å². The summed E-state index contributed by atoms with van der Waals surface area (Å²) in [6, 6.07) is 3.72. The number of rotatable bonds is 2. The number of hydrogen-bond acceptors (Lipinski definition) is 1. The Morgan fingerprint density at radius 1 is 1.42 bits per heavy atom. The molecule has 0 amide bonds. The molecule has 0 aliphatic rings. The van der Waals surface area contributed by atoms with E-state index >= 15 is 0 Å². The highest BCUT2D eigenvalue weighted by molar-refractivity contribution is 9.11. The third kappa shape index (κ3) is 2.15. The molecule has 0 spiro atoms. The first-order chi connectivity index (χ1) is 5.66. The van der Waals surface area contributed by atoms with Gasteiger partial charge in [-0.2, -0.15) is 0 Å². The molecule has 0 aliphatic heterocycles. The lowest BCUT2D eigenvalue weighted by molar-refractivity contribution is 0.338. The van der Waals surface area contributed by atoms with Gasteiger partial charge in [-0.05, 0) is 50.9 Å². The van der Waals surface area contributed by atoms with Crippen molar-refractivity contribution < 1.29 is 4.74 Å². The van der Waals surface area contributed by atoms with Crippen LogP contribution in [0.15, 0.2) is 21.1 Å². The van der Waals surface area contributed by atoms with Crippen LogP contribution in [-0.4, -0.2) is 6.61 Å². The topological polar surface area (TPSA) is 9.23 Å². The molecule has 0 saturated heterocycles. The van der Waals surface area contributed by atoms with Crippen LogP contribution in [0.4, 0.5) is 0 Å². The predicted molar refractivity (Wildman–Crippen MR) is 58.0 cm³/mol. The lowest BCUT2D eigenvalue weighted by Crippen LogP contribution is -1.92. The van der Waals surface area contributed by atoms with E-state index < -0.39 is 0 Å². The van der Waals surface area contributed by atoms with Crippen molar-refractivity contribution in [3.63, 3.8) is 0 Å². The maximum atomic E-state index is 5.94. The second-order valence-corrected chi connectivity index (χ2v) is 4.13. The van der Waals surface area contributed by atoms with Crippen LogP contribution in [0.3, 0.4) is 0 Å². The molecule has 1 rings (SSSR count). The number of hydrogen-bond donors (Lipinski definition) is 0. The van der Waals surface area contributed by atoms with Gasteiger partial charge in [0.1, 0.15) is 5.75 Å². The standard InChI is InChI=1S/C8H7Br2ClO/c1-2-12-6-4-3-5(9)8(11)7(6)10/h3-4H,2H2,1H3. The monoisotopic (exact) mass is 312 g/mol. The average molecular weight is 314 g/mol. The summed E-state index contributed by atoms with van der Waals surface area (Å²) in [6.07, 6.45) is 0. The van der Waals surface area contributed by atoms with E-state index in [1.165, 1.54) is 0 Å². The summed E-state index contributed by atoms with van der Waals surface area (Å²) in [6.45, 7) is 2.57. The minimum Gasteiger partial charge on any atom is -0.493 e. The van der Waals surface area contributed by atoms with Crippen LogP contribution in [0.1, 0.15) is 6.92 Å². The van der Waals surface area contributed by atoms with Crippen LogP contribution in [0.2, 0.25) is 5.02 Å². The third-order valence-electron chi connectivity index (χ3n) is 1.30. The fourth-order valence-corrected chi connectivity index (χ4v) is 1.99. The van der Waals surface area contributed by atoms with Crippen molar-refractivity contribution in [1.82, 2.24) is 0 Å². The summed E-state index contributed by atoms with van der Waals surface area (Å²) in [5.74, 6) is 0.769. The van der Waals surface area contributed by atoms with Gasteiger partial charge in [0, 0.05) is 4.47 Å². The minimum atomic E-state index is 0.635. The molecule has 0 atom stereocenters. The van der Waals surface area contributed by atoms with Crippen LogP contribution < -0.4 is 4.74 Å². The molecule has 0 radical (unpaired) electrons. The Morgan fingerprint density at radius 3 is 2.67 bits per heavy atom. The Hall–Kier alpha value is 0.270. The van der Waals surface area contributed by atoms with Crippen LogP contribution in [0.25, 0.3) is 0 Å². The molecule has 0 N–H and O–H groups in total. The van der Waals surface area contributed by atoms with E-state index in [4.69, 9.17) is 16.3 Å². The van der Waals surface area contributed by atoms with Crippen molar-refractivity contribution >= 4 is 43.5 Å². The summed E-state index contributed by atoms with van der Waals surface area (Å²) >= 11 is 12.6. The molecular formula is C8H7Br2ClO. The maximum Gasteiger partial charge on any atom is 0.135 e. The van der Waals surface area contributed by atoms with Gasteiger partial charge >= 0.3 is 0 Å². The zero-order valence-electron chi connectivity index (χ0n) is 6.40. The second kappa shape index (κ2) is 4.49. The molecule has 0 bridgehead atoms. The smallest absolute Gasteiger partial charge is 0.135 e. The molecule has 0 aliphatic carbocycles. The summed E-state index contributed by atoms with van der Waals surface area (Å²) in [7, 11) is 0. The van der Waals surface area contributed by atoms with Crippen LogP contribution in [-0.2, 0) is 0 Å². The van der Waals surface area contributed by atoms with Crippen LogP contribution in [0, 0.1) is 0 Å². The summed E-state index contributed by atoms with van der Waals surface area (Å²) in [4.78, 5) is 0. The average Bonchev–Trinajstić information content (AvgIpc) is 2.07. The third-order valence-corrected chi connectivity index (χ3v) is 3.60. The molecule has 0 heterocycles. The van der Waals surface area contributed by atoms with Crippen LogP contribution in [0.5, 0.6) is 5.75 Å². The predicted octanol–water partition coefficient (Wildman–Crippen LogP) is 4.26. The Labute approximate surface area is 93.3 Å². The minimum absolute atomic E-state index is 0.635. The van der Waals surface area contributed by atoms with Gasteiger partial charge in [0.05, 0.1) is 16.1 Å². The fourth-order valence-electron chi connectivity index (χ4n) is 0.775. The van der Waals surface area contributed by atoms with Crippen molar-refractivity contribution in [3.05, 3.63) is 26.1 Å². The van der Waals surface area contributed by atoms with E-state index in [1.54, 1.807) is 0 Å². The normalized spacial score (nSPS) is 10.0. The Bertz CT molecular complexity index is 289. The van der Waals surface area contributed by atoms with Gasteiger partial charge in [0.2, 0.25) is 0 Å². The van der Waals surface area contributed by atoms with E-state index in [0.717, 1.165) is 14.7 Å². The Kier molecular flexibility index (Phi) is 3.87. The van der Waals surface area contributed by atoms with Crippen molar-refractivity contribution in [2.75, 3.05) is 6.61 Å². The largest absolute Gasteiger partial charge is 0.493 e. The van der Waals surface area contributed by atoms with Gasteiger partial charge in [0.15, 0.2) is 0 Å². The van der Waals surface area contributed by atoms with Crippen LogP contribution >= 0.6 is 43.5 Å². The van der Waals surface area contributed by atoms with E-state index in [-0.39, 0.29) is 0 Å². The first kappa shape index (κ1) is 10.4. The molecule has 66 valence electrons. The number of ether oxygens (including phenoxy) is 1. The maximum absolute atomic E-state index is 5.94. The molecule has 1 nitrogen and oxygen atoms in total. The Morgan fingerprint density at radius 2 is 2.08 bits per heavy atom. The quantitative estimate of drug-likeness (QED) is 0.741. The summed E-state index contributed by atoms with van der Waals surface area (Å²) in [5.41, 5.74) is 0. The van der Waals surface area contributed by atoms with E-state index in [2.05, 4.69) is 31.9 Å². The summed E-state index contributed by atoms with van der Waals surface area (Å²) in [5, 5.41) is 0.640. The van der Waals surface area contributed by atoms with Gasteiger partial charge in [-0.25, -0.2) is 0 Å². The highest BCUT2D eigenvalue weighted by Gasteiger charge is 2.07. The first-order valence-corrected chi connectivity index (χ1v) is 5.39. The van der Waals surface area contributed by atoms with E-state index in [0.29, 0.717) is 11.6 Å². The zero-order chi connectivity index (χ0) is 9.14. The van der Waals surface area contributed by atoms with E-state index in [1.807, 2.05) is 19.1 Å². The molecule has 1 aromatic rings. The molecule has 12 heavy (non-hydrogen) atoms. The molecule has 0 unspecified atom stereocenters. The zero-order valence-corrected chi connectivity index (χ0v) is 10.3. The first-order valence-electron chi connectivity index (χ1n) is 3.43. The molecule has 0 saturated carbocycles. The molecule has 0 aromatic heterocycles. The molecular weight excluding hydrogens is 307 g/mol. The van der Waals surface area contributed by atoms with Gasteiger partial charge < -0.3 is 4.74 Å². The molecule has 0 fully saturated rings. The highest BCUT2D eigenvalue weighted by atomic mass is 79.9. The lowest BCUT2D eigenvalue weighted by Gasteiger charge is -2.07. The number of halogens is 3. The van der Waals surface area contributed by atoms with Crippen molar-refractivity contribution in [2.24, 2.45) is 0 Å². The highest BCUT2D eigenvalue weighted by Crippen LogP contribution is 2.37. The van der Waals surface area contributed by atoms with E-state index in [9.17, 15) is 0 Å². The molecule has 1 aromatic carbocycles. The lowest BCUT2D eigenvalue weighted by atomic mass is 10.3. The van der Waals surface area contributed by atoms with Gasteiger partial charge in [-0.3, -0.25) is 0 Å². The van der Waals surface area contributed by atoms with Gasteiger partial charge in [-0.15, -0.1) is 0 Å². The molecule has 4 heteroatoms. The van der Waals surface area contributed by atoms with Crippen molar-refractivity contribution in [2.45, 2.75) is 6.92 Å². The Balaban J connectivity index is 3.08. The fraction of sp³-hybridized carbons (Fsp3) is 0.250. The number of benzene rings is 1. The van der Waals surface area contributed by atoms with Gasteiger partial charge in [-0.1, -0.05) is 11.6 Å². The summed E-state index contributed by atoms with van der Waals surface area (Å²) < 4.78 is 6.97.